The van der Waals surface area contributed by atoms with Crippen LogP contribution in [0.25, 0.3) is 9.40 Å². The molecule has 0 aliphatic heterocycles. The zero-order valence-corrected chi connectivity index (χ0v) is 12.5. The predicted octanol–water partition coefficient (Wildman–Crippen LogP) is 3.48. The maximum atomic E-state index is 12.4. The van der Waals surface area contributed by atoms with Gasteiger partial charge in [-0.15, -0.1) is 22.7 Å². The maximum Gasteiger partial charge on any atom is 0.305 e. The summed E-state index contributed by atoms with van der Waals surface area (Å²) < 4.78 is 2.22. The zero-order valence-electron chi connectivity index (χ0n) is 10.8. The van der Waals surface area contributed by atoms with Gasteiger partial charge in [-0.3, -0.25) is 9.59 Å². The summed E-state index contributed by atoms with van der Waals surface area (Å²) in [4.78, 5) is 24.1. The molecule has 0 radical (unpaired) electrons. The lowest BCUT2D eigenvalue weighted by Crippen LogP contribution is -2.47. The standard InChI is InChI=1S/C14H15NO3S2/c16-12(17)8-14(4-1-2-5-14)15-13(18)11-7-10-9(20-11)3-6-19-10/h3,6-7H,1-2,4-5,8H2,(H,15,18)(H,16,17). The smallest absolute Gasteiger partial charge is 0.305 e. The minimum Gasteiger partial charge on any atom is -0.481 e. The van der Waals surface area contributed by atoms with Crippen molar-refractivity contribution in [1.82, 2.24) is 5.32 Å². The van der Waals surface area contributed by atoms with Gasteiger partial charge in [-0.2, -0.15) is 0 Å². The molecule has 1 aliphatic carbocycles. The highest BCUT2D eigenvalue weighted by atomic mass is 32.1. The van der Waals surface area contributed by atoms with Gasteiger partial charge in [-0.25, -0.2) is 0 Å². The maximum absolute atomic E-state index is 12.4. The quantitative estimate of drug-likeness (QED) is 0.908. The van der Waals surface area contributed by atoms with Gasteiger partial charge in [0.1, 0.15) is 0 Å². The highest BCUT2D eigenvalue weighted by Crippen LogP contribution is 2.34. The zero-order chi connectivity index (χ0) is 14.2. The fourth-order valence-electron chi connectivity index (χ4n) is 2.87. The normalized spacial score (nSPS) is 17.4. The summed E-state index contributed by atoms with van der Waals surface area (Å²) in [6.45, 7) is 0. The number of carboxylic acids is 1. The molecule has 2 heterocycles. The van der Waals surface area contributed by atoms with Gasteiger partial charge in [0.2, 0.25) is 0 Å². The van der Waals surface area contributed by atoms with E-state index in [9.17, 15) is 9.59 Å². The minimum absolute atomic E-state index is 0.0124. The lowest BCUT2D eigenvalue weighted by molar-refractivity contribution is -0.138. The third-order valence-corrected chi connectivity index (χ3v) is 5.88. The molecular formula is C14H15NO3S2. The molecule has 20 heavy (non-hydrogen) atoms. The number of hydrogen-bond donors (Lipinski definition) is 2. The summed E-state index contributed by atoms with van der Waals surface area (Å²) in [7, 11) is 0. The van der Waals surface area contributed by atoms with Crippen LogP contribution in [0.5, 0.6) is 0 Å². The number of fused-ring (bicyclic) bond motifs is 1. The molecule has 0 spiro atoms. The van der Waals surface area contributed by atoms with Crippen molar-refractivity contribution >= 4 is 43.9 Å². The van der Waals surface area contributed by atoms with Crippen molar-refractivity contribution in [3.63, 3.8) is 0 Å². The number of amides is 1. The van der Waals surface area contributed by atoms with Crippen LogP contribution in [0, 0.1) is 0 Å². The summed E-state index contributed by atoms with van der Waals surface area (Å²) in [6.07, 6.45) is 3.48. The monoisotopic (exact) mass is 309 g/mol. The van der Waals surface area contributed by atoms with Crippen LogP contribution >= 0.6 is 22.7 Å². The molecule has 1 aliphatic rings. The Bertz CT molecular complexity index is 624. The van der Waals surface area contributed by atoms with Crippen molar-refractivity contribution in [2.45, 2.75) is 37.6 Å². The van der Waals surface area contributed by atoms with Crippen LogP contribution in [0.15, 0.2) is 17.5 Å². The van der Waals surface area contributed by atoms with E-state index in [2.05, 4.69) is 5.32 Å². The van der Waals surface area contributed by atoms with Gasteiger partial charge in [-0.05, 0) is 30.4 Å². The number of aliphatic carboxylic acids is 1. The van der Waals surface area contributed by atoms with Crippen LogP contribution in [0.4, 0.5) is 0 Å². The van der Waals surface area contributed by atoms with Gasteiger partial charge in [0.15, 0.2) is 0 Å². The van der Waals surface area contributed by atoms with Gasteiger partial charge < -0.3 is 10.4 Å². The van der Waals surface area contributed by atoms with E-state index in [1.165, 1.54) is 11.3 Å². The summed E-state index contributed by atoms with van der Waals surface area (Å²) in [5.41, 5.74) is -0.555. The van der Waals surface area contributed by atoms with Crippen LogP contribution in [0.3, 0.4) is 0 Å². The van der Waals surface area contributed by atoms with Crippen molar-refractivity contribution in [3.05, 3.63) is 22.4 Å². The molecule has 6 heteroatoms. The van der Waals surface area contributed by atoms with Gasteiger partial charge >= 0.3 is 5.97 Å². The Morgan fingerprint density at radius 1 is 1.30 bits per heavy atom. The molecule has 0 aromatic carbocycles. The molecule has 4 nitrogen and oxygen atoms in total. The molecule has 1 saturated carbocycles. The number of hydrogen-bond acceptors (Lipinski definition) is 4. The van der Waals surface area contributed by atoms with Crippen LogP contribution in [-0.4, -0.2) is 22.5 Å². The third-order valence-electron chi connectivity index (χ3n) is 3.79. The van der Waals surface area contributed by atoms with Crippen LogP contribution in [0.2, 0.25) is 0 Å². The highest BCUT2D eigenvalue weighted by molar-refractivity contribution is 7.27. The second-order valence-corrected chi connectivity index (χ2v) is 7.30. The van der Waals surface area contributed by atoms with Crippen molar-refractivity contribution in [1.29, 1.82) is 0 Å². The Morgan fingerprint density at radius 2 is 2.05 bits per heavy atom. The van der Waals surface area contributed by atoms with E-state index < -0.39 is 11.5 Å². The fraction of sp³-hybridized carbons (Fsp3) is 0.429. The lowest BCUT2D eigenvalue weighted by atomic mass is 9.93. The van der Waals surface area contributed by atoms with Crippen molar-refractivity contribution in [2.75, 3.05) is 0 Å². The number of carboxylic acid groups (broad SMARTS) is 1. The predicted molar refractivity (Wildman–Crippen MR) is 80.6 cm³/mol. The van der Waals surface area contributed by atoms with Crippen molar-refractivity contribution < 1.29 is 14.7 Å². The van der Waals surface area contributed by atoms with Crippen molar-refractivity contribution in [3.8, 4) is 0 Å². The fourth-order valence-corrected chi connectivity index (χ4v) is 4.87. The Labute approximate surface area is 124 Å². The Hall–Kier alpha value is -1.40. The highest BCUT2D eigenvalue weighted by Gasteiger charge is 2.37. The van der Waals surface area contributed by atoms with E-state index >= 15 is 0 Å². The van der Waals surface area contributed by atoms with Gasteiger partial charge in [0, 0.05) is 9.40 Å². The van der Waals surface area contributed by atoms with Gasteiger partial charge in [-0.1, -0.05) is 12.8 Å². The molecule has 0 unspecified atom stereocenters. The SMILES string of the molecule is O=C(O)CC1(NC(=O)c2cc3sccc3s2)CCCC1. The van der Waals surface area contributed by atoms with E-state index in [1.807, 2.05) is 17.5 Å². The Balaban J connectivity index is 1.79. The molecule has 1 fully saturated rings. The second-order valence-electron chi connectivity index (χ2n) is 5.27. The molecule has 2 aromatic rings. The first-order valence-electron chi connectivity index (χ1n) is 6.59. The molecule has 0 atom stereocenters. The second kappa shape index (κ2) is 5.18. The number of nitrogens with one attached hydrogen (secondary N) is 1. The largest absolute Gasteiger partial charge is 0.481 e. The van der Waals surface area contributed by atoms with E-state index in [4.69, 9.17) is 5.11 Å². The summed E-state index contributed by atoms with van der Waals surface area (Å²) in [5, 5.41) is 14.0. The average Bonchev–Trinajstić information content (AvgIpc) is 3.01. The lowest BCUT2D eigenvalue weighted by Gasteiger charge is -2.28. The first-order valence-corrected chi connectivity index (χ1v) is 8.29. The molecule has 0 saturated heterocycles. The van der Waals surface area contributed by atoms with E-state index in [0.717, 1.165) is 35.1 Å². The van der Waals surface area contributed by atoms with Gasteiger partial charge in [0.25, 0.3) is 5.91 Å². The van der Waals surface area contributed by atoms with Crippen LogP contribution < -0.4 is 5.32 Å². The molecule has 2 aromatic heterocycles. The Morgan fingerprint density at radius 3 is 2.70 bits per heavy atom. The third kappa shape index (κ3) is 2.58. The molecule has 0 bridgehead atoms. The molecular weight excluding hydrogens is 294 g/mol. The number of thiophene rings is 2. The molecule has 1 amide bonds. The summed E-state index contributed by atoms with van der Waals surface area (Å²) >= 11 is 3.08. The Kier molecular flexibility index (Phi) is 3.52. The molecule has 106 valence electrons. The van der Waals surface area contributed by atoms with E-state index in [-0.39, 0.29) is 12.3 Å². The summed E-state index contributed by atoms with van der Waals surface area (Å²) in [6, 6.07) is 3.90. The van der Waals surface area contributed by atoms with Crippen molar-refractivity contribution in [2.24, 2.45) is 0 Å². The van der Waals surface area contributed by atoms with Crippen LogP contribution in [-0.2, 0) is 4.79 Å². The number of carbonyl (C=O) groups excluding carboxylic acids is 1. The first-order chi connectivity index (χ1) is 9.58. The average molecular weight is 309 g/mol. The van der Waals surface area contributed by atoms with Crippen LogP contribution in [0.1, 0.15) is 41.8 Å². The van der Waals surface area contributed by atoms with Gasteiger partial charge in [0.05, 0.1) is 16.8 Å². The number of rotatable bonds is 4. The summed E-state index contributed by atoms with van der Waals surface area (Å²) in [5.74, 6) is -0.985. The number of carbonyl (C=O) groups is 2. The molecule has 3 rings (SSSR count). The first kappa shape index (κ1) is 13.6. The minimum atomic E-state index is -0.848. The van der Waals surface area contributed by atoms with E-state index in [1.54, 1.807) is 11.3 Å². The van der Waals surface area contributed by atoms with E-state index in [0.29, 0.717) is 4.88 Å². The molecule has 2 N–H and O–H groups in total. The topological polar surface area (TPSA) is 66.4 Å².